The van der Waals surface area contributed by atoms with E-state index in [1.54, 1.807) is 12.2 Å². The average Bonchev–Trinajstić information content (AvgIpc) is 2.72. The maximum absolute atomic E-state index is 10.9. The summed E-state index contributed by atoms with van der Waals surface area (Å²) in [7, 11) is 0. The molecule has 6 heteroatoms. The van der Waals surface area contributed by atoms with Crippen LogP contribution < -0.4 is 0 Å². The Labute approximate surface area is 181 Å². The van der Waals surface area contributed by atoms with Crippen molar-refractivity contribution in [1.29, 1.82) is 0 Å². The molecule has 0 amide bonds. The first kappa shape index (κ1) is 23.1. The van der Waals surface area contributed by atoms with Crippen LogP contribution in [0.25, 0.3) is 0 Å². The predicted molar refractivity (Wildman–Crippen MR) is 119 cm³/mol. The highest BCUT2D eigenvalue weighted by Crippen LogP contribution is 2.39. The number of aryl methyl sites for hydroxylation is 2. The van der Waals surface area contributed by atoms with E-state index >= 15 is 0 Å². The molecule has 0 radical (unpaired) electrons. The van der Waals surface area contributed by atoms with Crippen LogP contribution in [0.4, 0.5) is 11.4 Å². The molecule has 29 heavy (non-hydrogen) atoms. The van der Waals surface area contributed by atoms with Crippen molar-refractivity contribution in [1.82, 2.24) is 0 Å². The van der Waals surface area contributed by atoms with Crippen LogP contribution in [-0.2, 0) is 41.7 Å². The van der Waals surface area contributed by atoms with Crippen molar-refractivity contribution in [2.24, 2.45) is 9.98 Å². The number of rotatable bonds is 8. The minimum absolute atomic E-state index is 0.536. The van der Waals surface area contributed by atoms with Crippen LogP contribution in [0.15, 0.2) is 22.1 Å². The lowest BCUT2D eigenvalue weighted by atomic mass is 9.92. The van der Waals surface area contributed by atoms with Crippen molar-refractivity contribution < 1.29 is 9.59 Å². The topological polar surface area (TPSA) is 58.9 Å². The van der Waals surface area contributed by atoms with Gasteiger partial charge in [-0.1, -0.05) is 63.0 Å². The number of halogens is 2. The Morgan fingerprint density at radius 3 is 1.34 bits per heavy atom. The standard InChI is InChI=1S/C23H24Cl2N2O2/c1-5-14-9-16(20(24)18(7-3)22(14)26-12-28)11-17-10-15(6-2)23(27-13-29)19(8-4)21(17)25/h9-10H,5-8,11H2,1-4H3. The van der Waals surface area contributed by atoms with E-state index in [1.807, 2.05) is 39.8 Å². The van der Waals surface area contributed by atoms with Gasteiger partial charge in [-0.05, 0) is 59.1 Å². The van der Waals surface area contributed by atoms with E-state index in [4.69, 9.17) is 23.2 Å². The predicted octanol–water partition coefficient (Wildman–Crippen LogP) is 6.77. The Kier molecular flexibility index (Phi) is 8.37. The number of benzene rings is 2. The molecule has 0 saturated carbocycles. The Balaban J connectivity index is 2.71. The molecule has 0 aliphatic carbocycles. The Hall–Kier alpha value is -2.22. The van der Waals surface area contributed by atoms with E-state index in [0.717, 1.165) is 46.2 Å². The Morgan fingerprint density at radius 1 is 0.690 bits per heavy atom. The van der Waals surface area contributed by atoms with E-state index in [9.17, 15) is 9.59 Å². The number of aliphatic imine (C=N–C) groups is 2. The smallest absolute Gasteiger partial charge is 0.211 e. The molecule has 2 rings (SSSR count). The van der Waals surface area contributed by atoms with Gasteiger partial charge < -0.3 is 0 Å². The van der Waals surface area contributed by atoms with Gasteiger partial charge in [-0.25, -0.2) is 9.59 Å². The zero-order chi connectivity index (χ0) is 21.6. The van der Waals surface area contributed by atoms with Crippen molar-refractivity contribution in [3.8, 4) is 0 Å². The number of isocyanates is 2. The summed E-state index contributed by atoms with van der Waals surface area (Å²) in [6.07, 6.45) is 6.57. The third kappa shape index (κ3) is 4.69. The SMILES string of the molecule is CCc1cc(Cc2cc(CC)c(N=C=O)c(CC)c2Cl)c(Cl)c(CC)c1N=C=O. The number of carbonyl (C=O) groups excluding carboxylic acids is 2. The summed E-state index contributed by atoms with van der Waals surface area (Å²) < 4.78 is 0. The molecule has 0 spiro atoms. The van der Waals surface area contributed by atoms with Crippen molar-refractivity contribution in [2.45, 2.75) is 59.8 Å². The minimum atomic E-state index is 0.536. The minimum Gasteiger partial charge on any atom is -0.211 e. The van der Waals surface area contributed by atoms with Crippen LogP contribution in [-0.4, -0.2) is 12.2 Å². The molecule has 0 unspecified atom stereocenters. The first-order valence-corrected chi connectivity index (χ1v) is 10.5. The zero-order valence-electron chi connectivity index (χ0n) is 17.2. The van der Waals surface area contributed by atoms with Crippen LogP contribution in [0.3, 0.4) is 0 Å². The quantitative estimate of drug-likeness (QED) is 0.342. The van der Waals surface area contributed by atoms with Gasteiger partial charge >= 0.3 is 0 Å². The summed E-state index contributed by atoms with van der Waals surface area (Å²) in [6, 6.07) is 3.98. The average molecular weight is 431 g/mol. The maximum atomic E-state index is 10.9. The summed E-state index contributed by atoms with van der Waals surface area (Å²) in [5.74, 6) is 0. The van der Waals surface area contributed by atoms with Gasteiger partial charge in [0, 0.05) is 16.5 Å². The fourth-order valence-electron chi connectivity index (χ4n) is 3.68. The number of hydrogen-bond acceptors (Lipinski definition) is 4. The molecule has 0 aliphatic rings. The van der Waals surface area contributed by atoms with Crippen LogP contribution >= 0.6 is 23.2 Å². The van der Waals surface area contributed by atoms with Gasteiger partial charge in [0.1, 0.15) is 0 Å². The molecule has 0 heterocycles. The largest absolute Gasteiger partial charge is 0.240 e. The normalized spacial score (nSPS) is 10.4. The highest BCUT2D eigenvalue weighted by Gasteiger charge is 2.19. The third-order valence-electron chi connectivity index (χ3n) is 5.14. The highest BCUT2D eigenvalue weighted by molar-refractivity contribution is 6.33. The monoisotopic (exact) mass is 430 g/mol. The van der Waals surface area contributed by atoms with Crippen molar-refractivity contribution >= 4 is 46.7 Å². The van der Waals surface area contributed by atoms with E-state index < -0.39 is 0 Å². The molecule has 4 nitrogen and oxygen atoms in total. The molecule has 0 aliphatic heterocycles. The molecule has 152 valence electrons. The summed E-state index contributed by atoms with van der Waals surface area (Å²) in [5, 5.41) is 1.20. The molecule has 0 bridgehead atoms. The summed E-state index contributed by atoms with van der Waals surface area (Å²) in [5.41, 5.74) is 6.69. The van der Waals surface area contributed by atoms with Crippen LogP contribution in [0.1, 0.15) is 61.1 Å². The molecular formula is C23H24Cl2N2O2. The summed E-state index contributed by atoms with van der Waals surface area (Å²) in [4.78, 5) is 29.6. The van der Waals surface area contributed by atoms with Gasteiger partial charge in [0.25, 0.3) is 0 Å². The Morgan fingerprint density at radius 2 is 1.07 bits per heavy atom. The lowest BCUT2D eigenvalue weighted by molar-refractivity contribution is 0.564. The van der Waals surface area contributed by atoms with Gasteiger partial charge in [0.2, 0.25) is 12.2 Å². The van der Waals surface area contributed by atoms with Crippen LogP contribution in [0.5, 0.6) is 0 Å². The zero-order valence-corrected chi connectivity index (χ0v) is 18.7. The van der Waals surface area contributed by atoms with Crippen LogP contribution in [0, 0.1) is 0 Å². The molecule has 0 atom stereocenters. The van der Waals surface area contributed by atoms with Gasteiger partial charge in [-0.3, -0.25) is 0 Å². The molecule has 0 fully saturated rings. The van der Waals surface area contributed by atoms with E-state index in [1.165, 1.54) is 0 Å². The molecule has 0 N–H and O–H groups in total. The van der Waals surface area contributed by atoms with Crippen LogP contribution in [0.2, 0.25) is 10.0 Å². The molecule has 2 aromatic carbocycles. The first-order valence-electron chi connectivity index (χ1n) is 9.79. The number of nitrogens with zero attached hydrogens (tertiary/aromatic N) is 2. The number of hydrogen-bond donors (Lipinski definition) is 0. The lowest BCUT2D eigenvalue weighted by Crippen LogP contribution is -2.01. The van der Waals surface area contributed by atoms with E-state index in [2.05, 4.69) is 9.98 Å². The second kappa shape index (κ2) is 10.5. The summed E-state index contributed by atoms with van der Waals surface area (Å²) >= 11 is 13.4. The van der Waals surface area contributed by atoms with Gasteiger partial charge in [0.05, 0.1) is 11.4 Å². The first-order chi connectivity index (χ1) is 14.0. The van der Waals surface area contributed by atoms with E-state index in [0.29, 0.717) is 40.7 Å². The fourth-order valence-corrected chi connectivity index (χ4v) is 4.37. The molecule has 2 aromatic rings. The second-order valence-corrected chi connectivity index (χ2v) is 7.43. The molecule has 0 saturated heterocycles. The van der Waals surface area contributed by atoms with Crippen molar-refractivity contribution in [3.63, 3.8) is 0 Å². The molecular weight excluding hydrogens is 407 g/mol. The van der Waals surface area contributed by atoms with E-state index in [-0.39, 0.29) is 0 Å². The van der Waals surface area contributed by atoms with Gasteiger partial charge in [-0.2, -0.15) is 9.98 Å². The second-order valence-electron chi connectivity index (χ2n) is 6.67. The maximum Gasteiger partial charge on any atom is 0.240 e. The van der Waals surface area contributed by atoms with Crippen molar-refractivity contribution in [3.05, 3.63) is 55.6 Å². The summed E-state index contributed by atoms with van der Waals surface area (Å²) in [6.45, 7) is 8.00. The van der Waals surface area contributed by atoms with Crippen molar-refractivity contribution in [2.75, 3.05) is 0 Å². The van der Waals surface area contributed by atoms with Gasteiger partial charge in [0.15, 0.2) is 0 Å². The Bertz CT molecular complexity index is 937. The molecule has 0 aromatic heterocycles. The fraction of sp³-hybridized carbons (Fsp3) is 0.391. The highest BCUT2D eigenvalue weighted by atomic mass is 35.5. The van der Waals surface area contributed by atoms with Gasteiger partial charge in [-0.15, -0.1) is 0 Å². The lowest BCUT2D eigenvalue weighted by Gasteiger charge is -2.18. The third-order valence-corrected chi connectivity index (χ3v) is 6.08.